The second-order valence-electron chi connectivity index (χ2n) is 5.41. The van der Waals surface area contributed by atoms with Gasteiger partial charge in [0.25, 0.3) is 0 Å². The quantitative estimate of drug-likeness (QED) is 0.268. The highest BCUT2D eigenvalue weighted by Gasteiger charge is 2.11. The third kappa shape index (κ3) is 11.7. The van der Waals surface area contributed by atoms with E-state index in [1.54, 1.807) is 0 Å². The predicted octanol–water partition coefficient (Wildman–Crippen LogP) is 5.55. The second kappa shape index (κ2) is 10.6. The predicted molar refractivity (Wildman–Crippen MR) is 80.0 cm³/mol. The van der Waals surface area contributed by atoms with Crippen LogP contribution in [0.4, 0.5) is 0 Å². The number of nitrogens with zero attached hydrogens (tertiary/aromatic N) is 1. The van der Waals surface area contributed by atoms with Crippen molar-refractivity contribution >= 4 is 6.21 Å². The van der Waals surface area contributed by atoms with Crippen LogP contribution < -0.4 is 0 Å². The van der Waals surface area contributed by atoms with E-state index in [-0.39, 0.29) is 5.54 Å². The maximum Gasteiger partial charge on any atom is 0.0582 e. The Morgan fingerprint density at radius 1 is 0.941 bits per heavy atom. The molecule has 0 saturated carbocycles. The van der Waals surface area contributed by atoms with Crippen molar-refractivity contribution in [3.8, 4) is 0 Å². The molecule has 0 spiro atoms. The van der Waals surface area contributed by atoms with Crippen molar-refractivity contribution in [2.75, 3.05) is 0 Å². The first-order chi connectivity index (χ1) is 8.12. The number of unbranched alkanes of at least 4 members (excludes halogenated alkanes) is 5. The molecule has 0 amide bonds. The lowest BCUT2D eigenvalue weighted by Crippen LogP contribution is -2.15. The molecule has 0 bridgehead atoms. The molecule has 0 aromatic heterocycles. The lowest BCUT2D eigenvalue weighted by molar-refractivity contribution is 0.530. The van der Waals surface area contributed by atoms with Gasteiger partial charge in [0.15, 0.2) is 0 Å². The van der Waals surface area contributed by atoms with Crippen LogP contribution in [0.5, 0.6) is 0 Å². The molecule has 0 aliphatic carbocycles. The van der Waals surface area contributed by atoms with Gasteiger partial charge in [0.1, 0.15) is 0 Å². The van der Waals surface area contributed by atoms with Crippen LogP contribution in [-0.2, 0) is 0 Å². The van der Waals surface area contributed by atoms with Crippen molar-refractivity contribution in [2.45, 2.75) is 84.6 Å². The first kappa shape index (κ1) is 16.4. The summed E-state index contributed by atoms with van der Waals surface area (Å²) in [5.41, 5.74) is 0.0785. The van der Waals surface area contributed by atoms with Gasteiger partial charge in [0.2, 0.25) is 0 Å². The van der Waals surface area contributed by atoms with Gasteiger partial charge in [-0.1, -0.05) is 51.7 Å². The van der Waals surface area contributed by atoms with E-state index < -0.39 is 0 Å². The average molecular weight is 237 g/mol. The summed E-state index contributed by atoms with van der Waals surface area (Å²) in [4.78, 5) is 4.67. The van der Waals surface area contributed by atoms with Crippen LogP contribution in [0, 0.1) is 0 Å². The van der Waals surface area contributed by atoms with E-state index in [0.29, 0.717) is 0 Å². The number of hydrogen-bond acceptors (Lipinski definition) is 1. The normalized spacial score (nSPS) is 12.9. The Morgan fingerprint density at radius 2 is 1.65 bits per heavy atom. The largest absolute Gasteiger partial charge is 0.291 e. The summed E-state index contributed by atoms with van der Waals surface area (Å²) in [7, 11) is 0. The Hall–Kier alpha value is -0.590. The van der Waals surface area contributed by atoms with Crippen LogP contribution in [0.15, 0.2) is 17.1 Å². The topological polar surface area (TPSA) is 12.4 Å². The summed E-state index contributed by atoms with van der Waals surface area (Å²) in [5, 5.41) is 0. The van der Waals surface area contributed by atoms with Crippen LogP contribution in [0.2, 0.25) is 0 Å². The Balaban J connectivity index is 3.63. The molecule has 0 atom stereocenters. The van der Waals surface area contributed by atoms with Crippen LogP contribution in [-0.4, -0.2) is 11.8 Å². The van der Waals surface area contributed by atoms with Crippen molar-refractivity contribution in [3.05, 3.63) is 12.2 Å². The highest BCUT2D eigenvalue weighted by Crippen LogP contribution is 2.15. The van der Waals surface area contributed by atoms with Crippen LogP contribution in [0.1, 0.15) is 79.1 Å². The minimum absolute atomic E-state index is 0.0785. The molecule has 0 fully saturated rings. The fourth-order valence-corrected chi connectivity index (χ4v) is 1.74. The zero-order valence-corrected chi connectivity index (χ0v) is 12.3. The lowest BCUT2D eigenvalue weighted by Gasteiger charge is -2.16. The fraction of sp³-hybridized carbons (Fsp3) is 0.812. The van der Waals surface area contributed by atoms with Gasteiger partial charge >= 0.3 is 0 Å². The minimum Gasteiger partial charge on any atom is -0.291 e. The van der Waals surface area contributed by atoms with Gasteiger partial charge < -0.3 is 0 Å². The van der Waals surface area contributed by atoms with Gasteiger partial charge in [-0.2, -0.15) is 0 Å². The molecule has 0 aliphatic heterocycles. The fourth-order valence-electron chi connectivity index (χ4n) is 1.74. The van der Waals surface area contributed by atoms with Gasteiger partial charge in [0, 0.05) is 0 Å². The molecule has 0 saturated heterocycles. The summed E-state index contributed by atoms with van der Waals surface area (Å²) in [6, 6.07) is 0. The molecule has 0 heterocycles. The standard InChI is InChI=1S/C16H31N/c1-5-7-9-10-11-13-15-17-16(3,4)14-12-8-6-2/h8,12,15H,5-7,9-11,13-14H2,1-4H3. The van der Waals surface area contributed by atoms with Gasteiger partial charge in [-0.05, 0) is 45.7 Å². The molecular formula is C16H31N. The SMILES string of the molecule is CCC=CCC(C)(C)N=CCCCCCCC. The summed E-state index contributed by atoms with van der Waals surface area (Å²) >= 11 is 0. The first-order valence-corrected chi connectivity index (χ1v) is 7.31. The molecule has 0 aromatic carbocycles. The minimum atomic E-state index is 0.0785. The van der Waals surface area contributed by atoms with Crippen molar-refractivity contribution < 1.29 is 0 Å². The van der Waals surface area contributed by atoms with Crippen LogP contribution in [0.25, 0.3) is 0 Å². The third-order valence-corrected chi connectivity index (χ3v) is 2.90. The molecule has 0 aliphatic rings. The zero-order chi connectivity index (χ0) is 13.0. The van der Waals surface area contributed by atoms with Crippen LogP contribution in [0.3, 0.4) is 0 Å². The number of hydrogen-bond donors (Lipinski definition) is 0. The molecule has 0 N–H and O–H groups in total. The van der Waals surface area contributed by atoms with Gasteiger partial charge in [0.05, 0.1) is 5.54 Å². The van der Waals surface area contributed by atoms with Gasteiger partial charge in [-0.3, -0.25) is 4.99 Å². The molecule has 0 rings (SSSR count). The number of rotatable bonds is 10. The molecule has 100 valence electrons. The summed E-state index contributed by atoms with van der Waals surface area (Å²) in [6.07, 6.45) is 16.7. The zero-order valence-electron chi connectivity index (χ0n) is 12.3. The van der Waals surface area contributed by atoms with Gasteiger partial charge in [-0.25, -0.2) is 0 Å². The highest BCUT2D eigenvalue weighted by atomic mass is 14.8. The first-order valence-electron chi connectivity index (χ1n) is 7.31. The molecule has 0 radical (unpaired) electrons. The molecule has 1 nitrogen and oxygen atoms in total. The average Bonchev–Trinajstić information content (AvgIpc) is 2.28. The number of aliphatic imine (C=N–C) groups is 1. The van der Waals surface area contributed by atoms with E-state index in [0.717, 1.165) is 19.3 Å². The van der Waals surface area contributed by atoms with E-state index in [9.17, 15) is 0 Å². The monoisotopic (exact) mass is 237 g/mol. The van der Waals surface area contributed by atoms with Crippen molar-refractivity contribution in [1.29, 1.82) is 0 Å². The van der Waals surface area contributed by atoms with E-state index in [4.69, 9.17) is 0 Å². The summed E-state index contributed by atoms with van der Waals surface area (Å²) in [6.45, 7) is 8.85. The van der Waals surface area contributed by atoms with Crippen molar-refractivity contribution in [1.82, 2.24) is 0 Å². The third-order valence-electron chi connectivity index (χ3n) is 2.90. The van der Waals surface area contributed by atoms with Crippen molar-refractivity contribution in [2.24, 2.45) is 4.99 Å². The Bertz CT molecular complexity index is 214. The summed E-state index contributed by atoms with van der Waals surface area (Å²) < 4.78 is 0. The van der Waals surface area contributed by atoms with Crippen LogP contribution >= 0.6 is 0 Å². The smallest absolute Gasteiger partial charge is 0.0582 e. The summed E-state index contributed by atoms with van der Waals surface area (Å²) in [5.74, 6) is 0. The lowest BCUT2D eigenvalue weighted by atomic mass is 10.0. The van der Waals surface area contributed by atoms with E-state index in [2.05, 4.69) is 51.1 Å². The molecular weight excluding hydrogens is 206 g/mol. The Kier molecular flexibility index (Phi) is 10.2. The van der Waals surface area contributed by atoms with E-state index in [1.807, 2.05) is 0 Å². The Morgan fingerprint density at radius 3 is 2.29 bits per heavy atom. The second-order valence-corrected chi connectivity index (χ2v) is 5.41. The maximum atomic E-state index is 4.67. The Labute approximate surface area is 108 Å². The molecule has 0 unspecified atom stereocenters. The molecule has 17 heavy (non-hydrogen) atoms. The van der Waals surface area contributed by atoms with E-state index in [1.165, 1.54) is 32.1 Å². The number of allylic oxidation sites excluding steroid dienone is 1. The van der Waals surface area contributed by atoms with E-state index >= 15 is 0 Å². The molecule has 0 aromatic rings. The van der Waals surface area contributed by atoms with Gasteiger partial charge in [-0.15, -0.1) is 0 Å². The maximum absolute atomic E-state index is 4.67. The highest BCUT2D eigenvalue weighted by molar-refractivity contribution is 5.57. The molecule has 1 heteroatoms. The van der Waals surface area contributed by atoms with Crippen molar-refractivity contribution in [3.63, 3.8) is 0 Å².